The van der Waals surface area contributed by atoms with Crippen LogP contribution < -0.4 is 0 Å². The second-order valence-corrected chi connectivity index (χ2v) is 16.5. The van der Waals surface area contributed by atoms with Gasteiger partial charge in [0.1, 0.15) is 22.3 Å². The summed E-state index contributed by atoms with van der Waals surface area (Å²) in [6, 6.07) is 45.5. The molecule has 0 aliphatic heterocycles. The van der Waals surface area contributed by atoms with Crippen LogP contribution in [0, 0.1) is 29.1 Å². The lowest BCUT2D eigenvalue weighted by atomic mass is 9.48. The van der Waals surface area contributed by atoms with Crippen LogP contribution in [0.1, 0.15) is 49.7 Å². The first-order valence-corrected chi connectivity index (χ1v) is 19.8. The Labute approximate surface area is 323 Å². The van der Waals surface area contributed by atoms with Gasteiger partial charge in [0.2, 0.25) is 0 Å². The van der Waals surface area contributed by atoms with E-state index < -0.39 is 0 Å². The van der Waals surface area contributed by atoms with Crippen LogP contribution in [0.5, 0.6) is 0 Å². The molecule has 4 saturated carbocycles. The van der Waals surface area contributed by atoms with E-state index in [-0.39, 0.29) is 5.41 Å². The van der Waals surface area contributed by atoms with Crippen molar-refractivity contribution < 1.29 is 8.83 Å². The van der Waals surface area contributed by atoms with Crippen molar-refractivity contribution in [3.63, 3.8) is 0 Å². The molecule has 4 aliphatic carbocycles. The maximum Gasteiger partial charge on any atom is 0.164 e. The predicted molar refractivity (Wildman–Crippen MR) is 221 cm³/mol. The molecule has 13 rings (SSSR count). The molecule has 3 heterocycles. The molecule has 0 atom stereocenters. The molecule has 4 aliphatic rings. The highest BCUT2D eigenvalue weighted by molar-refractivity contribution is 6.07. The van der Waals surface area contributed by atoms with Gasteiger partial charge in [-0.25, -0.2) is 15.0 Å². The molecule has 6 nitrogen and oxygen atoms in total. The van der Waals surface area contributed by atoms with Crippen molar-refractivity contribution in [1.29, 1.82) is 5.26 Å². The summed E-state index contributed by atoms with van der Waals surface area (Å²) in [5, 5.41) is 13.9. The van der Waals surface area contributed by atoms with Crippen molar-refractivity contribution in [2.24, 2.45) is 17.8 Å². The molecule has 0 unspecified atom stereocenters. The fraction of sp³-hybridized carbons (Fsp3) is 0.200. The van der Waals surface area contributed by atoms with Crippen molar-refractivity contribution in [1.82, 2.24) is 15.0 Å². The van der Waals surface area contributed by atoms with Gasteiger partial charge in [-0.1, -0.05) is 84.9 Å². The Morgan fingerprint density at radius 2 is 1.05 bits per heavy atom. The second kappa shape index (κ2) is 12.0. The van der Waals surface area contributed by atoms with Gasteiger partial charge in [0.25, 0.3) is 0 Å². The number of para-hydroxylation sites is 2. The second-order valence-electron chi connectivity index (χ2n) is 16.5. The monoisotopic (exact) mass is 724 g/mol. The maximum absolute atomic E-state index is 9.45. The van der Waals surface area contributed by atoms with Crippen molar-refractivity contribution >= 4 is 43.9 Å². The number of hydrogen-bond acceptors (Lipinski definition) is 6. The number of fused-ring (bicyclic) bond motifs is 6. The molecule has 4 bridgehead atoms. The summed E-state index contributed by atoms with van der Waals surface area (Å²) in [4.78, 5) is 15.5. The van der Waals surface area contributed by atoms with Gasteiger partial charge in [0, 0.05) is 43.8 Å². The zero-order valence-corrected chi connectivity index (χ0v) is 30.7. The number of benzene rings is 6. The van der Waals surface area contributed by atoms with Crippen LogP contribution in [0.3, 0.4) is 0 Å². The van der Waals surface area contributed by atoms with E-state index in [2.05, 4.69) is 66.7 Å². The van der Waals surface area contributed by atoms with E-state index in [0.717, 1.165) is 84.1 Å². The third-order valence-corrected chi connectivity index (χ3v) is 13.1. The molecule has 0 spiro atoms. The summed E-state index contributed by atoms with van der Waals surface area (Å²) in [5.74, 6) is 4.24. The maximum atomic E-state index is 9.45. The van der Waals surface area contributed by atoms with E-state index in [0.29, 0.717) is 23.0 Å². The third-order valence-electron chi connectivity index (χ3n) is 13.1. The quantitative estimate of drug-likeness (QED) is 0.176. The number of nitriles is 1. The van der Waals surface area contributed by atoms with E-state index in [9.17, 15) is 5.26 Å². The normalized spacial score (nSPS) is 21.4. The fourth-order valence-corrected chi connectivity index (χ4v) is 11.1. The molecule has 6 aromatic carbocycles. The van der Waals surface area contributed by atoms with E-state index in [4.69, 9.17) is 23.8 Å². The highest BCUT2D eigenvalue weighted by Crippen LogP contribution is 2.61. The Morgan fingerprint density at radius 1 is 0.500 bits per heavy atom. The highest BCUT2D eigenvalue weighted by atomic mass is 16.3. The van der Waals surface area contributed by atoms with Gasteiger partial charge in [-0.05, 0) is 115 Å². The molecule has 9 aromatic rings. The first-order chi connectivity index (χ1) is 27.6. The zero-order valence-electron chi connectivity index (χ0n) is 30.7. The molecule has 56 heavy (non-hydrogen) atoms. The summed E-state index contributed by atoms with van der Waals surface area (Å²) in [5.41, 5.74) is 10.3. The number of aromatic nitrogens is 3. The smallest absolute Gasteiger partial charge is 0.164 e. The lowest BCUT2D eigenvalue weighted by Crippen LogP contribution is -2.48. The fourth-order valence-electron chi connectivity index (χ4n) is 11.1. The molecule has 0 radical (unpaired) electrons. The first kappa shape index (κ1) is 31.7. The van der Waals surface area contributed by atoms with E-state index >= 15 is 0 Å². The Morgan fingerprint density at radius 3 is 1.75 bits per heavy atom. The van der Waals surface area contributed by atoms with Crippen molar-refractivity contribution in [2.75, 3.05) is 0 Å². The summed E-state index contributed by atoms with van der Waals surface area (Å²) < 4.78 is 13.2. The predicted octanol–water partition coefficient (Wildman–Crippen LogP) is 12.7. The summed E-state index contributed by atoms with van der Waals surface area (Å²) in [7, 11) is 0. The minimum Gasteiger partial charge on any atom is -0.456 e. The topological polar surface area (TPSA) is 88.7 Å². The molecular weight excluding hydrogens is 689 g/mol. The number of nitrogens with zero attached hydrogens (tertiary/aromatic N) is 4. The Hall–Kier alpha value is -6.58. The van der Waals surface area contributed by atoms with Crippen LogP contribution >= 0.6 is 0 Å². The van der Waals surface area contributed by atoms with E-state index in [1.54, 1.807) is 0 Å². The number of rotatable bonds is 5. The minimum absolute atomic E-state index is 0.228. The van der Waals surface area contributed by atoms with Gasteiger partial charge in [-0.3, -0.25) is 0 Å². The average molecular weight is 725 g/mol. The van der Waals surface area contributed by atoms with Crippen LogP contribution in [0.2, 0.25) is 0 Å². The molecule has 268 valence electrons. The lowest BCUT2D eigenvalue weighted by Gasteiger charge is -2.57. The molecule has 0 amide bonds. The van der Waals surface area contributed by atoms with Crippen LogP contribution in [0.25, 0.3) is 89.2 Å². The number of hydrogen-bond donors (Lipinski definition) is 0. The highest BCUT2D eigenvalue weighted by Gasteiger charge is 2.52. The largest absolute Gasteiger partial charge is 0.456 e. The lowest BCUT2D eigenvalue weighted by molar-refractivity contribution is -0.00485. The standard InChI is InChI=1S/C50H36N4O2/c51-28-29-12-14-33(15-13-29)36-6-1-2-8-41(36)49-53-47(34-16-18-38-37-7-3-4-11-43(37)55-44(38)23-34)52-48(54-49)35-17-19-39-40-9-5-10-42(46(40)56-45(39)24-35)50-25-30-20-31(26-50)22-32(21-30)27-50/h1-19,23-24,30-32H,20-22,25-27H2. The van der Waals surface area contributed by atoms with Crippen LogP contribution in [0.15, 0.2) is 136 Å². The van der Waals surface area contributed by atoms with Gasteiger partial charge in [-0.15, -0.1) is 0 Å². The summed E-state index contributed by atoms with van der Waals surface area (Å²) in [6.07, 6.45) is 8.12. The molecule has 3 aromatic heterocycles. The Kier molecular flexibility index (Phi) is 6.78. The van der Waals surface area contributed by atoms with Crippen LogP contribution in [-0.2, 0) is 5.41 Å². The zero-order chi connectivity index (χ0) is 37.0. The van der Waals surface area contributed by atoms with Crippen LogP contribution in [0.4, 0.5) is 0 Å². The molecule has 4 fully saturated rings. The number of furan rings is 2. The van der Waals surface area contributed by atoms with E-state index in [1.165, 1.54) is 49.5 Å². The van der Waals surface area contributed by atoms with Crippen molar-refractivity contribution in [3.8, 4) is 51.4 Å². The minimum atomic E-state index is 0.228. The first-order valence-electron chi connectivity index (χ1n) is 19.8. The van der Waals surface area contributed by atoms with E-state index in [1.807, 2.05) is 66.7 Å². The van der Waals surface area contributed by atoms with Crippen LogP contribution in [-0.4, -0.2) is 15.0 Å². The van der Waals surface area contributed by atoms with Gasteiger partial charge < -0.3 is 8.83 Å². The van der Waals surface area contributed by atoms with Crippen molar-refractivity contribution in [2.45, 2.75) is 43.9 Å². The van der Waals surface area contributed by atoms with Gasteiger partial charge in [0.15, 0.2) is 17.5 Å². The van der Waals surface area contributed by atoms with Gasteiger partial charge in [-0.2, -0.15) is 5.26 Å². The Bertz CT molecular complexity index is 3060. The summed E-state index contributed by atoms with van der Waals surface area (Å²) in [6.45, 7) is 0. The SMILES string of the molecule is N#Cc1ccc(-c2ccccc2-c2nc(-c3ccc4c(c3)oc3ccccc34)nc(-c3ccc4c(c3)oc3c(C56CC7CC(CC(C7)C5)C6)cccc34)n2)cc1. The van der Waals surface area contributed by atoms with Crippen molar-refractivity contribution in [3.05, 3.63) is 139 Å². The molecular formula is C50H36N4O2. The van der Waals surface area contributed by atoms with Gasteiger partial charge in [0.05, 0.1) is 11.6 Å². The molecule has 0 N–H and O–H groups in total. The van der Waals surface area contributed by atoms with Gasteiger partial charge >= 0.3 is 0 Å². The molecule has 0 saturated heterocycles. The average Bonchev–Trinajstić information content (AvgIpc) is 3.81. The third kappa shape index (κ3) is 4.90. The molecule has 6 heteroatoms. The summed E-state index contributed by atoms with van der Waals surface area (Å²) >= 11 is 0. The Balaban J connectivity index is 1.02.